The molecule has 0 bridgehead atoms. The average molecular weight is 226 g/mol. The van der Waals surface area contributed by atoms with E-state index >= 15 is 0 Å². The van der Waals surface area contributed by atoms with Gasteiger partial charge in [0.2, 0.25) is 0 Å². The lowest BCUT2D eigenvalue weighted by Gasteiger charge is -2.41. The summed E-state index contributed by atoms with van der Waals surface area (Å²) in [5.41, 5.74) is 8.53. The molecular formula is C14H14N2O. The molecule has 2 N–H and O–H groups in total. The van der Waals surface area contributed by atoms with Crippen molar-refractivity contribution in [3.63, 3.8) is 0 Å². The van der Waals surface area contributed by atoms with E-state index in [1.807, 2.05) is 24.4 Å². The highest BCUT2D eigenvalue weighted by molar-refractivity contribution is 5.95. The molecule has 0 saturated carbocycles. The van der Waals surface area contributed by atoms with Gasteiger partial charge >= 0.3 is 0 Å². The number of hydrogen-bond donors (Lipinski definition) is 1. The Hall–Kier alpha value is -2.03. The van der Waals surface area contributed by atoms with Crippen LogP contribution in [0.4, 0.5) is 0 Å². The Morgan fingerprint density at radius 2 is 2.12 bits per heavy atom. The number of fused-ring (bicyclic) bond motifs is 3. The number of nitrogens with two attached hydrogens (primary N) is 1. The second-order valence-electron chi connectivity index (χ2n) is 4.42. The minimum Gasteiger partial charge on any atom is -0.400 e. The molecule has 0 spiro atoms. The summed E-state index contributed by atoms with van der Waals surface area (Å²) in [6.07, 6.45) is 6.12. The van der Waals surface area contributed by atoms with Crippen molar-refractivity contribution < 1.29 is 4.79 Å². The van der Waals surface area contributed by atoms with Crippen LogP contribution in [0.1, 0.15) is 24.5 Å². The molecule has 86 valence electrons. The quantitative estimate of drug-likeness (QED) is 0.795. The number of hydrogen-bond acceptors (Lipinski definition) is 2. The van der Waals surface area contributed by atoms with Crippen molar-refractivity contribution in [2.75, 3.05) is 0 Å². The van der Waals surface area contributed by atoms with Crippen LogP contribution in [0.15, 0.2) is 42.2 Å². The fourth-order valence-electron chi connectivity index (χ4n) is 2.87. The van der Waals surface area contributed by atoms with Crippen molar-refractivity contribution in [1.82, 2.24) is 4.90 Å². The highest BCUT2D eigenvalue weighted by atomic mass is 16.2. The minimum atomic E-state index is -0.470. The first-order valence-corrected chi connectivity index (χ1v) is 5.79. The minimum absolute atomic E-state index is 0.0323. The van der Waals surface area contributed by atoms with Crippen LogP contribution < -0.4 is 5.73 Å². The highest BCUT2D eigenvalue weighted by Crippen LogP contribution is 2.45. The summed E-state index contributed by atoms with van der Waals surface area (Å²) >= 11 is 0. The van der Waals surface area contributed by atoms with Crippen molar-refractivity contribution >= 4 is 12.0 Å². The van der Waals surface area contributed by atoms with Crippen LogP contribution in [0.25, 0.3) is 6.08 Å². The molecule has 1 aromatic rings. The first-order valence-electron chi connectivity index (χ1n) is 5.79. The van der Waals surface area contributed by atoms with E-state index in [4.69, 9.17) is 5.73 Å². The maximum atomic E-state index is 11.9. The Kier molecular flexibility index (Phi) is 1.93. The molecule has 2 aliphatic heterocycles. The van der Waals surface area contributed by atoms with Gasteiger partial charge < -0.3 is 5.73 Å². The van der Waals surface area contributed by atoms with Gasteiger partial charge in [-0.15, -0.1) is 0 Å². The predicted octanol–water partition coefficient (Wildman–Crippen LogP) is 1.96. The maximum Gasteiger partial charge on any atom is 0.253 e. The first-order chi connectivity index (χ1) is 8.20. The van der Waals surface area contributed by atoms with Gasteiger partial charge in [0, 0.05) is 18.0 Å². The topological polar surface area (TPSA) is 46.3 Å². The molecule has 3 rings (SSSR count). The largest absolute Gasteiger partial charge is 0.400 e. The molecule has 1 unspecified atom stereocenters. The number of nitrogens with zero attached hydrogens (tertiary/aromatic N) is 1. The summed E-state index contributed by atoms with van der Waals surface area (Å²) in [5, 5.41) is 0. The molecule has 1 atom stereocenters. The molecule has 2 aliphatic rings. The Morgan fingerprint density at radius 1 is 1.35 bits per heavy atom. The Bertz CT molecular complexity index is 559. The number of carbonyl (C=O) groups is 1. The van der Waals surface area contributed by atoms with Gasteiger partial charge in [0.25, 0.3) is 5.91 Å². The molecule has 0 radical (unpaired) electrons. The van der Waals surface area contributed by atoms with Gasteiger partial charge in [-0.2, -0.15) is 0 Å². The molecular weight excluding hydrogens is 212 g/mol. The van der Waals surface area contributed by atoms with Crippen molar-refractivity contribution in [2.45, 2.75) is 18.9 Å². The summed E-state index contributed by atoms with van der Waals surface area (Å²) in [4.78, 5) is 13.7. The molecule has 3 nitrogen and oxygen atoms in total. The third-order valence-corrected chi connectivity index (χ3v) is 3.73. The number of carbonyl (C=O) groups excluding carboxylic acids is 1. The van der Waals surface area contributed by atoms with Crippen LogP contribution in [-0.4, -0.2) is 10.8 Å². The van der Waals surface area contributed by atoms with Crippen LogP contribution in [0.3, 0.4) is 0 Å². The van der Waals surface area contributed by atoms with Gasteiger partial charge in [-0.25, -0.2) is 0 Å². The van der Waals surface area contributed by atoms with E-state index < -0.39 is 5.54 Å². The summed E-state index contributed by atoms with van der Waals surface area (Å²) in [6.45, 7) is 2.06. The summed E-state index contributed by atoms with van der Waals surface area (Å²) in [6, 6.07) is 8.09. The fourth-order valence-corrected chi connectivity index (χ4v) is 2.87. The molecule has 0 aliphatic carbocycles. The Morgan fingerprint density at radius 3 is 2.88 bits per heavy atom. The third kappa shape index (κ3) is 1.08. The summed E-state index contributed by atoms with van der Waals surface area (Å²) in [5.74, 6) is -0.0323. The number of amides is 1. The third-order valence-electron chi connectivity index (χ3n) is 3.73. The van der Waals surface area contributed by atoms with Crippen LogP contribution >= 0.6 is 0 Å². The van der Waals surface area contributed by atoms with Crippen molar-refractivity contribution in [3.8, 4) is 0 Å². The van der Waals surface area contributed by atoms with Crippen LogP contribution in [0, 0.1) is 0 Å². The van der Waals surface area contributed by atoms with Gasteiger partial charge in [0.15, 0.2) is 0 Å². The van der Waals surface area contributed by atoms with E-state index in [1.54, 1.807) is 4.90 Å². The van der Waals surface area contributed by atoms with Gasteiger partial charge in [0.05, 0.1) is 0 Å². The molecule has 3 heteroatoms. The van der Waals surface area contributed by atoms with Gasteiger partial charge in [0.1, 0.15) is 5.54 Å². The standard InChI is InChI=1S/C14H14N2O/c1-2-14-11-6-4-3-5-10(11)7-8-16(14)13(17)9-12(14)15/h3-9H,2,15H2,1H3. The van der Waals surface area contributed by atoms with Crippen LogP contribution in [0.2, 0.25) is 0 Å². The molecule has 0 fully saturated rings. The fraction of sp³-hybridized carbons (Fsp3) is 0.214. The van der Waals surface area contributed by atoms with E-state index in [0.717, 1.165) is 17.5 Å². The van der Waals surface area contributed by atoms with Gasteiger partial charge in [-0.1, -0.05) is 31.2 Å². The zero-order chi connectivity index (χ0) is 12.0. The second kappa shape index (κ2) is 3.23. The van der Waals surface area contributed by atoms with Gasteiger partial charge in [-0.05, 0) is 23.6 Å². The van der Waals surface area contributed by atoms with E-state index in [0.29, 0.717) is 5.70 Å². The van der Waals surface area contributed by atoms with Crippen molar-refractivity contribution in [3.05, 3.63) is 53.4 Å². The lowest BCUT2D eigenvalue weighted by Crippen LogP contribution is -2.45. The highest BCUT2D eigenvalue weighted by Gasteiger charge is 2.47. The first kappa shape index (κ1) is 10.1. The summed E-state index contributed by atoms with van der Waals surface area (Å²) in [7, 11) is 0. The smallest absolute Gasteiger partial charge is 0.253 e. The second-order valence-corrected chi connectivity index (χ2v) is 4.42. The lowest BCUT2D eigenvalue weighted by atomic mass is 9.80. The van der Waals surface area contributed by atoms with Crippen molar-refractivity contribution in [2.24, 2.45) is 5.73 Å². The van der Waals surface area contributed by atoms with Crippen molar-refractivity contribution in [1.29, 1.82) is 0 Å². The van der Waals surface area contributed by atoms with Crippen LogP contribution in [-0.2, 0) is 10.3 Å². The Labute approximate surface area is 100 Å². The van der Waals surface area contributed by atoms with Gasteiger partial charge in [-0.3, -0.25) is 9.69 Å². The van der Waals surface area contributed by atoms with E-state index in [2.05, 4.69) is 19.1 Å². The molecule has 2 heterocycles. The molecule has 17 heavy (non-hydrogen) atoms. The average Bonchev–Trinajstić information content (AvgIpc) is 2.61. The lowest BCUT2D eigenvalue weighted by molar-refractivity contribution is -0.126. The molecule has 0 aromatic heterocycles. The van der Waals surface area contributed by atoms with E-state index in [9.17, 15) is 4.79 Å². The number of rotatable bonds is 1. The molecule has 0 saturated heterocycles. The van der Waals surface area contributed by atoms with E-state index in [1.165, 1.54) is 6.08 Å². The maximum absolute atomic E-state index is 11.9. The van der Waals surface area contributed by atoms with Crippen LogP contribution in [0.5, 0.6) is 0 Å². The normalized spacial score (nSPS) is 25.6. The summed E-state index contributed by atoms with van der Waals surface area (Å²) < 4.78 is 0. The zero-order valence-electron chi connectivity index (χ0n) is 9.68. The Balaban J connectivity index is 2.31. The monoisotopic (exact) mass is 226 g/mol. The number of benzene rings is 1. The SMILES string of the molecule is CCC12C(N)=CC(=O)N1C=Cc1ccccc12. The molecule has 1 aromatic carbocycles. The predicted molar refractivity (Wildman–Crippen MR) is 66.6 cm³/mol. The zero-order valence-corrected chi connectivity index (χ0v) is 9.68. The van der Waals surface area contributed by atoms with E-state index in [-0.39, 0.29) is 5.91 Å². The molecule has 1 amide bonds.